The first-order valence-corrected chi connectivity index (χ1v) is 8.77. The third-order valence-corrected chi connectivity index (χ3v) is 6.05. The number of rotatable bonds is 4. The molecule has 0 bridgehead atoms. The van der Waals surface area contributed by atoms with Crippen molar-refractivity contribution in [1.82, 2.24) is 13.6 Å². The molecule has 7 nitrogen and oxygen atoms in total. The molecule has 3 rings (SSSR count). The first-order valence-electron chi connectivity index (χ1n) is 7.38. The minimum Gasteiger partial charge on any atom is -0.485 e. The first kappa shape index (κ1) is 15.7. The molecule has 0 spiro atoms. The van der Waals surface area contributed by atoms with E-state index in [-0.39, 0.29) is 18.2 Å². The van der Waals surface area contributed by atoms with E-state index in [1.807, 2.05) is 6.07 Å². The van der Waals surface area contributed by atoms with Gasteiger partial charge < -0.3 is 9.47 Å². The van der Waals surface area contributed by atoms with Gasteiger partial charge in [0.15, 0.2) is 0 Å². The average Bonchev–Trinajstić information content (AvgIpc) is 2.88. The Morgan fingerprint density at radius 2 is 2.27 bits per heavy atom. The molecule has 0 unspecified atom stereocenters. The second-order valence-electron chi connectivity index (χ2n) is 5.75. The van der Waals surface area contributed by atoms with E-state index in [1.165, 1.54) is 8.61 Å². The zero-order chi connectivity index (χ0) is 15.7. The van der Waals surface area contributed by atoms with Gasteiger partial charge in [0, 0.05) is 26.9 Å². The molecule has 0 aliphatic carbocycles. The number of fused-ring (bicyclic) bond motifs is 1. The van der Waals surface area contributed by atoms with E-state index in [4.69, 9.17) is 9.47 Å². The van der Waals surface area contributed by atoms with Crippen molar-refractivity contribution in [1.29, 1.82) is 0 Å². The molecule has 1 aromatic heterocycles. The van der Waals surface area contributed by atoms with Crippen molar-refractivity contribution in [3.05, 3.63) is 24.5 Å². The molecule has 0 saturated carbocycles. The lowest BCUT2D eigenvalue weighted by Crippen LogP contribution is -2.47. The Morgan fingerprint density at radius 1 is 1.45 bits per heavy atom. The Hall–Kier alpha value is -1.22. The fourth-order valence-electron chi connectivity index (χ4n) is 3.04. The van der Waals surface area contributed by atoms with E-state index in [9.17, 15) is 8.42 Å². The smallest absolute Gasteiger partial charge is 0.281 e. The maximum absolute atomic E-state index is 12.5. The SMILES string of the molecule is CN(C)S(=O)(=O)N1C[C@@H](Oc2cccnc2)[C@@H]2OCCC[C@@H]21. The van der Waals surface area contributed by atoms with Gasteiger partial charge in [-0.15, -0.1) is 0 Å². The molecule has 0 radical (unpaired) electrons. The molecule has 2 aliphatic rings. The van der Waals surface area contributed by atoms with Crippen LogP contribution in [0.3, 0.4) is 0 Å². The van der Waals surface area contributed by atoms with Gasteiger partial charge in [-0.05, 0) is 25.0 Å². The third kappa shape index (κ3) is 2.83. The Morgan fingerprint density at radius 3 is 2.95 bits per heavy atom. The Labute approximate surface area is 131 Å². The molecule has 0 N–H and O–H groups in total. The molecule has 22 heavy (non-hydrogen) atoms. The number of pyridine rings is 1. The topological polar surface area (TPSA) is 72.0 Å². The quantitative estimate of drug-likeness (QED) is 0.805. The summed E-state index contributed by atoms with van der Waals surface area (Å²) in [6.07, 6.45) is 4.41. The molecule has 1 aromatic rings. The van der Waals surface area contributed by atoms with E-state index in [0.717, 1.165) is 12.8 Å². The van der Waals surface area contributed by atoms with E-state index in [2.05, 4.69) is 4.98 Å². The van der Waals surface area contributed by atoms with Crippen LogP contribution in [-0.2, 0) is 14.9 Å². The lowest BCUT2D eigenvalue weighted by molar-refractivity contribution is -0.0419. The van der Waals surface area contributed by atoms with Crippen LogP contribution < -0.4 is 4.74 Å². The molecule has 2 saturated heterocycles. The standard InChI is InChI=1S/C14H21N3O4S/c1-16(2)22(18,19)17-10-13(14-12(17)6-4-8-20-14)21-11-5-3-7-15-9-11/h3,5,7,9,12-14H,4,6,8,10H2,1-2H3/t12-,13+,14+/m0/s1. The summed E-state index contributed by atoms with van der Waals surface area (Å²) < 4.78 is 39.5. The number of hydrogen-bond donors (Lipinski definition) is 0. The summed E-state index contributed by atoms with van der Waals surface area (Å²) in [5.41, 5.74) is 0. The molecule has 8 heteroatoms. The van der Waals surface area contributed by atoms with Crippen molar-refractivity contribution in [2.75, 3.05) is 27.2 Å². The van der Waals surface area contributed by atoms with Crippen LogP contribution in [0, 0.1) is 0 Å². The molecule has 2 aliphatic heterocycles. The van der Waals surface area contributed by atoms with Crippen LogP contribution in [-0.4, -0.2) is 67.5 Å². The van der Waals surface area contributed by atoms with E-state index in [1.54, 1.807) is 32.6 Å². The van der Waals surface area contributed by atoms with Gasteiger partial charge >= 0.3 is 0 Å². The summed E-state index contributed by atoms with van der Waals surface area (Å²) in [5, 5.41) is 0. The van der Waals surface area contributed by atoms with Gasteiger partial charge in [0.2, 0.25) is 0 Å². The first-order chi connectivity index (χ1) is 10.5. The summed E-state index contributed by atoms with van der Waals surface area (Å²) in [4.78, 5) is 4.02. The van der Waals surface area contributed by atoms with Gasteiger partial charge in [0.25, 0.3) is 10.2 Å². The molecule has 0 amide bonds. The Kier molecular flexibility index (Phi) is 4.35. The largest absolute Gasteiger partial charge is 0.485 e. The van der Waals surface area contributed by atoms with Gasteiger partial charge in [0.05, 0.1) is 18.8 Å². The maximum atomic E-state index is 12.5. The second-order valence-corrected chi connectivity index (χ2v) is 7.84. The van der Waals surface area contributed by atoms with E-state index < -0.39 is 10.2 Å². The summed E-state index contributed by atoms with van der Waals surface area (Å²) in [6.45, 7) is 0.939. The molecule has 2 fully saturated rings. The highest BCUT2D eigenvalue weighted by atomic mass is 32.2. The minimum absolute atomic E-state index is 0.164. The van der Waals surface area contributed by atoms with Crippen molar-refractivity contribution in [2.24, 2.45) is 0 Å². The molecule has 3 atom stereocenters. The highest BCUT2D eigenvalue weighted by molar-refractivity contribution is 7.86. The fraction of sp³-hybridized carbons (Fsp3) is 0.643. The number of aromatic nitrogens is 1. The van der Waals surface area contributed by atoms with Gasteiger partial charge in [-0.1, -0.05) is 0 Å². The summed E-state index contributed by atoms with van der Waals surface area (Å²) in [7, 11) is -0.391. The molecule has 0 aromatic carbocycles. The van der Waals surface area contributed by atoms with Crippen LogP contribution in [0.15, 0.2) is 24.5 Å². The van der Waals surface area contributed by atoms with Gasteiger partial charge in [-0.25, -0.2) is 0 Å². The van der Waals surface area contributed by atoms with Crippen LogP contribution in [0.25, 0.3) is 0 Å². The highest BCUT2D eigenvalue weighted by Gasteiger charge is 2.50. The average molecular weight is 327 g/mol. The number of nitrogens with zero attached hydrogens (tertiary/aromatic N) is 3. The fourth-order valence-corrected chi connectivity index (χ4v) is 4.36. The third-order valence-electron chi connectivity index (χ3n) is 4.11. The highest BCUT2D eigenvalue weighted by Crippen LogP contribution is 2.33. The van der Waals surface area contributed by atoms with Crippen molar-refractivity contribution < 1.29 is 17.9 Å². The zero-order valence-corrected chi connectivity index (χ0v) is 13.6. The van der Waals surface area contributed by atoms with Crippen molar-refractivity contribution in [3.8, 4) is 5.75 Å². The maximum Gasteiger partial charge on any atom is 0.281 e. The monoisotopic (exact) mass is 327 g/mol. The summed E-state index contributed by atoms with van der Waals surface area (Å²) in [5.74, 6) is 0.629. The molecule has 122 valence electrons. The summed E-state index contributed by atoms with van der Waals surface area (Å²) >= 11 is 0. The van der Waals surface area contributed by atoms with Crippen LogP contribution in [0.1, 0.15) is 12.8 Å². The van der Waals surface area contributed by atoms with Crippen LogP contribution in [0.2, 0.25) is 0 Å². The Balaban J connectivity index is 1.83. The van der Waals surface area contributed by atoms with Gasteiger partial charge in [0.1, 0.15) is 18.0 Å². The molecular formula is C14H21N3O4S. The Bertz CT molecular complexity index is 608. The normalized spacial score (nSPS) is 29.5. The molecule has 3 heterocycles. The van der Waals surface area contributed by atoms with Crippen molar-refractivity contribution in [3.63, 3.8) is 0 Å². The predicted octanol–water partition coefficient (Wildman–Crippen LogP) is 0.499. The second kappa shape index (κ2) is 6.11. The van der Waals surface area contributed by atoms with Crippen molar-refractivity contribution >= 4 is 10.2 Å². The van der Waals surface area contributed by atoms with E-state index in [0.29, 0.717) is 18.9 Å². The minimum atomic E-state index is -3.48. The number of hydrogen-bond acceptors (Lipinski definition) is 5. The predicted molar refractivity (Wildman–Crippen MR) is 80.7 cm³/mol. The van der Waals surface area contributed by atoms with Crippen molar-refractivity contribution in [2.45, 2.75) is 31.1 Å². The van der Waals surface area contributed by atoms with Crippen LogP contribution in [0.5, 0.6) is 5.75 Å². The number of ether oxygens (including phenoxy) is 2. The van der Waals surface area contributed by atoms with E-state index >= 15 is 0 Å². The van der Waals surface area contributed by atoms with Gasteiger partial charge in [-0.2, -0.15) is 17.0 Å². The summed E-state index contributed by atoms with van der Waals surface area (Å²) in [6, 6.07) is 3.44. The van der Waals surface area contributed by atoms with Crippen LogP contribution in [0.4, 0.5) is 0 Å². The molecular weight excluding hydrogens is 306 g/mol. The lowest BCUT2D eigenvalue weighted by Gasteiger charge is -2.32. The van der Waals surface area contributed by atoms with Crippen LogP contribution >= 0.6 is 0 Å². The zero-order valence-electron chi connectivity index (χ0n) is 12.8. The van der Waals surface area contributed by atoms with Gasteiger partial charge in [-0.3, -0.25) is 4.98 Å². The lowest BCUT2D eigenvalue weighted by atomic mass is 10.0.